The second kappa shape index (κ2) is 7.75. The molecule has 1 heterocycles. The Hall–Kier alpha value is -3.59. The first-order valence-corrected chi connectivity index (χ1v) is 8.96. The molecule has 132 valence electrons. The van der Waals surface area contributed by atoms with Crippen LogP contribution in [0.25, 0.3) is 10.9 Å². The number of nitrogens with one attached hydrogen (secondary N) is 2. The first-order valence-electron chi connectivity index (χ1n) is 8.96. The van der Waals surface area contributed by atoms with E-state index < -0.39 is 6.04 Å². The molecule has 0 spiro atoms. The highest BCUT2D eigenvalue weighted by atomic mass is 16.1. The van der Waals surface area contributed by atoms with Gasteiger partial charge in [0.25, 0.3) is 0 Å². The molecular formula is C24H20N2O. The van der Waals surface area contributed by atoms with Crippen molar-refractivity contribution in [2.24, 2.45) is 0 Å². The van der Waals surface area contributed by atoms with E-state index in [1.807, 2.05) is 97.1 Å². The van der Waals surface area contributed by atoms with Gasteiger partial charge in [0.05, 0.1) is 0 Å². The van der Waals surface area contributed by atoms with Crippen molar-refractivity contribution in [3.8, 4) is 0 Å². The van der Waals surface area contributed by atoms with E-state index >= 15 is 0 Å². The highest BCUT2D eigenvalue weighted by Gasteiger charge is 2.25. The summed E-state index contributed by atoms with van der Waals surface area (Å²) in [7, 11) is 0. The molecule has 1 aliphatic rings. The van der Waals surface area contributed by atoms with Crippen LogP contribution in [0.5, 0.6) is 0 Å². The van der Waals surface area contributed by atoms with E-state index in [1.165, 1.54) is 0 Å². The highest BCUT2D eigenvalue weighted by molar-refractivity contribution is 6.12. The molecule has 27 heavy (non-hydrogen) atoms. The van der Waals surface area contributed by atoms with Crippen LogP contribution in [0.1, 0.15) is 10.4 Å². The minimum Gasteiger partial charge on any atom is -0.371 e. The van der Waals surface area contributed by atoms with Gasteiger partial charge in [-0.3, -0.25) is 4.79 Å². The third kappa shape index (κ3) is 3.67. The summed E-state index contributed by atoms with van der Waals surface area (Å²) in [5.41, 5.74) is 3.47. The number of benzene rings is 2. The van der Waals surface area contributed by atoms with Gasteiger partial charge in [-0.15, -0.1) is 0 Å². The molecular weight excluding hydrogens is 332 g/mol. The number of ketones is 1. The number of carbonyl (C=O) groups excluding carboxylic acids is 1. The van der Waals surface area contributed by atoms with Gasteiger partial charge in [0, 0.05) is 28.4 Å². The van der Waals surface area contributed by atoms with Crippen LogP contribution in [-0.4, -0.2) is 16.8 Å². The summed E-state index contributed by atoms with van der Waals surface area (Å²) in [6, 6.07) is 17.2. The lowest BCUT2D eigenvalue weighted by Gasteiger charge is -2.20. The average molecular weight is 352 g/mol. The topological polar surface area (TPSA) is 44.9 Å². The molecule has 3 aromatic rings. The van der Waals surface area contributed by atoms with Crippen LogP contribution in [0, 0.1) is 0 Å². The van der Waals surface area contributed by atoms with Crippen LogP contribution in [0.4, 0.5) is 5.69 Å². The second-order valence-electron chi connectivity index (χ2n) is 6.35. The number of carbonyl (C=O) groups is 1. The molecule has 0 amide bonds. The smallest absolute Gasteiger partial charge is 0.191 e. The van der Waals surface area contributed by atoms with Gasteiger partial charge in [0.15, 0.2) is 5.78 Å². The first kappa shape index (κ1) is 16.9. The lowest BCUT2D eigenvalue weighted by atomic mass is 9.95. The van der Waals surface area contributed by atoms with Gasteiger partial charge in [-0.25, -0.2) is 0 Å². The number of aromatic nitrogens is 1. The third-order valence-electron chi connectivity index (χ3n) is 4.56. The van der Waals surface area contributed by atoms with Crippen LogP contribution in [0.3, 0.4) is 0 Å². The van der Waals surface area contributed by atoms with Crippen molar-refractivity contribution < 1.29 is 4.79 Å². The number of anilines is 1. The molecule has 0 saturated heterocycles. The number of rotatable bonds is 5. The largest absolute Gasteiger partial charge is 0.371 e. The van der Waals surface area contributed by atoms with E-state index in [2.05, 4.69) is 10.3 Å². The Morgan fingerprint density at radius 1 is 0.852 bits per heavy atom. The number of Topliss-reactive ketones (excluding diaryl/α,β-unsaturated/α-hetero) is 1. The van der Waals surface area contributed by atoms with Crippen LogP contribution >= 0.6 is 0 Å². The average Bonchev–Trinajstić information content (AvgIpc) is 3.11. The molecule has 2 N–H and O–H groups in total. The molecule has 3 heteroatoms. The Labute approximate surface area is 158 Å². The minimum atomic E-state index is -0.487. The molecule has 0 aliphatic heterocycles. The van der Waals surface area contributed by atoms with Crippen molar-refractivity contribution in [2.45, 2.75) is 6.04 Å². The van der Waals surface area contributed by atoms with Crippen molar-refractivity contribution in [1.29, 1.82) is 0 Å². The molecule has 1 aromatic heterocycles. The van der Waals surface area contributed by atoms with Gasteiger partial charge in [-0.05, 0) is 23.8 Å². The van der Waals surface area contributed by atoms with E-state index in [0.29, 0.717) is 5.56 Å². The molecule has 1 atom stereocenters. The Morgan fingerprint density at radius 3 is 2.48 bits per heavy atom. The van der Waals surface area contributed by atoms with E-state index in [0.717, 1.165) is 22.2 Å². The number of para-hydroxylation sites is 2. The minimum absolute atomic E-state index is 0.0326. The Kier molecular flexibility index (Phi) is 4.84. The zero-order valence-electron chi connectivity index (χ0n) is 14.8. The fourth-order valence-corrected chi connectivity index (χ4v) is 3.21. The number of aromatic amines is 1. The molecule has 2 aromatic carbocycles. The summed E-state index contributed by atoms with van der Waals surface area (Å²) in [5.74, 6) is 0.0326. The van der Waals surface area contributed by atoms with E-state index in [4.69, 9.17) is 0 Å². The molecule has 3 nitrogen and oxygen atoms in total. The number of hydrogen-bond acceptors (Lipinski definition) is 2. The zero-order chi connectivity index (χ0) is 18.5. The predicted molar refractivity (Wildman–Crippen MR) is 112 cm³/mol. The molecule has 0 saturated carbocycles. The molecule has 0 fully saturated rings. The Balaban J connectivity index is 1.76. The normalized spacial score (nSPS) is 16.8. The van der Waals surface area contributed by atoms with Crippen molar-refractivity contribution >= 4 is 22.4 Å². The van der Waals surface area contributed by atoms with Gasteiger partial charge in [0.1, 0.15) is 6.04 Å². The standard InChI is InChI=1S/C24H20N2O/c27-24(21-17-25-22-16-10-9-15-20(21)22)23(26-19-13-7-4-8-14-19)18-11-5-2-1-3-6-12-18/h1-17,23,25-26H/b2-1-,3-1?,5-2?,6-3-,11-5?,12-6?,18-11?,18-12?. The van der Waals surface area contributed by atoms with Crippen LogP contribution < -0.4 is 5.32 Å². The maximum Gasteiger partial charge on any atom is 0.191 e. The van der Waals surface area contributed by atoms with Crippen molar-refractivity contribution in [3.63, 3.8) is 0 Å². The van der Waals surface area contributed by atoms with Crippen molar-refractivity contribution in [2.75, 3.05) is 5.32 Å². The fourth-order valence-electron chi connectivity index (χ4n) is 3.21. The van der Waals surface area contributed by atoms with E-state index in [1.54, 1.807) is 6.20 Å². The zero-order valence-corrected chi connectivity index (χ0v) is 14.8. The number of allylic oxidation sites excluding steroid dienone is 6. The summed E-state index contributed by atoms with van der Waals surface area (Å²) in [6.07, 6.45) is 15.6. The maximum atomic E-state index is 13.5. The Morgan fingerprint density at radius 2 is 1.59 bits per heavy atom. The summed E-state index contributed by atoms with van der Waals surface area (Å²) < 4.78 is 0. The fraction of sp³-hybridized carbons (Fsp3) is 0.0417. The summed E-state index contributed by atoms with van der Waals surface area (Å²) in [4.78, 5) is 16.7. The van der Waals surface area contributed by atoms with Gasteiger partial charge in [-0.1, -0.05) is 78.9 Å². The van der Waals surface area contributed by atoms with Crippen LogP contribution in [-0.2, 0) is 0 Å². The molecule has 1 aliphatic carbocycles. The van der Waals surface area contributed by atoms with Crippen LogP contribution in [0.2, 0.25) is 0 Å². The molecule has 0 bridgehead atoms. The number of fused-ring (bicyclic) bond motifs is 1. The van der Waals surface area contributed by atoms with Gasteiger partial charge in [0.2, 0.25) is 0 Å². The van der Waals surface area contributed by atoms with Crippen LogP contribution in [0.15, 0.2) is 109 Å². The maximum absolute atomic E-state index is 13.5. The van der Waals surface area contributed by atoms with Gasteiger partial charge >= 0.3 is 0 Å². The molecule has 4 rings (SSSR count). The second-order valence-corrected chi connectivity index (χ2v) is 6.35. The van der Waals surface area contributed by atoms with Crippen molar-refractivity contribution in [3.05, 3.63) is 114 Å². The summed E-state index contributed by atoms with van der Waals surface area (Å²) in [6.45, 7) is 0. The van der Waals surface area contributed by atoms with Crippen molar-refractivity contribution in [1.82, 2.24) is 4.98 Å². The predicted octanol–water partition coefficient (Wildman–Crippen LogP) is 5.44. The molecule has 1 unspecified atom stereocenters. The summed E-state index contributed by atoms with van der Waals surface area (Å²) >= 11 is 0. The van der Waals surface area contributed by atoms with Gasteiger partial charge < -0.3 is 10.3 Å². The van der Waals surface area contributed by atoms with Gasteiger partial charge in [-0.2, -0.15) is 0 Å². The first-order chi connectivity index (χ1) is 13.3. The summed E-state index contributed by atoms with van der Waals surface area (Å²) in [5, 5.41) is 4.35. The lowest BCUT2D eigenvalue weighted by Crippen LogP contribution is -2.31. The SMILES string of the molecule is O=C(c1c[nH]c2ccccc12)C(Nc1ccccc1)C1=C/C=C\C=C/C=C1. The van der Waals surface area contributed by atoms with E-state index in [-0.39, 0.29) is 5.78 Å². The monoisotopic (exact) mass is 352 g/mol. The third-order valence-corrected chi connectivity index (χ3v) is 4.56. The molecule has 0 radical (unpaired) electrons. The van der Waals surface area contributed by atoms with E-state index in [9.17, 15) is 4.79 Å². The number of H-pyrrole nitrogens is 1. The number of hydrogen-bond donors (Lipinski definition) is 2. The highest BCUT2D eigenvalue weighted by Crippen LogP contribution is 2.24. The quantitative estimate of drug-likeness (QED) is 0.601. The Bertz CT molecular complexity index is 1070. The lowest BCUT2D eigenvalue weighted by molar-refractivity contribution is 0.0984.